The monoisotopic (exact) mass is 456 g/mol. The van der Waals surface area contributed by atoms with E-state index in [0.29, 0.717) is 29.6 Å². The van der Waals surface area contributed by atoms with Crippen LogP contribution in [0.3, 0.4) is 0 Å². The lowest BCUT2D eigenvalue weighted by Gasteiger charge is -2.26. The Balaban J connectivity index is 1.53. The summed E-state index contributed by atoms with van der Waals surface area (Å²) in [6, 6.07) is 4.28. The number of benzene rings is 1. The highest BCUT2D eigenvalue weighted by Gasteiger charge is 2.47. The molecule has 2 aliphatic rings. The number of nitrogens with one attached hydrogen (secondary N) is 2. The van der Waals surface area contributed by atoms with Crippen LogP contribution in [-0.4, -0.2) is 54.7 Å². The van der Waals surface area contributed by atoms with Crippen molar-refractivity contribution < 1.29 is 4.39 Å². The van der Waals surface area contributed by atoms with Crippen molar-refractivity contribution in [3.8, 4) is 11.3 Å². The highest BCUT2D eigenvalue weighted by atomic mass is 35.5. The molecular formula is C21H22ClFN8O. The number of likely N-dealkylation sites (N-methyl/N-ethyl adjacent to an activating group) is 1. The Labute approximate surface area is 187 Å². The quantitative estimate of drug-likeness (QED) is 0.491. The molecule has 11 heteroatoms. The molecule has 3 aromatic heterocycles. The van der Waals surface area contributed by atoms with Crippen LogP contribution >= 0.6 is 11.6 Å². The van der Waals surface area contributed by atoms with Crippen molar-refractivity contribution in [3.05, 3.63) is 33.5 Å². The molecule has 0 radical (unpaired) electrons. The van der Waals surface area contributed by atoms with Crippen molar-refractivity contribution in [2.24, 2.45) is 14.1 Å². The highest BCUT2D eigenvalue weighted by molar-refractivity contribution is 6.34. The van der Waals surface area contributed by atoms with Crippen LogP contribution in [0.1, 0.15) is 19.3 Å². The van der Waals surface area contributed by atoms with E-state index in [-0.39, 0.29) is 38.4 Å². The van der Waals surface area contributed by atoms with E-state index in [4.69, 9.17) is 16.6 Å². The van der Waals surface area contributed by atoms with E-state index in [1.165, 1.54) is 4.68 Å². The van der Waals surface area contributed by atoms with Gasteiger partial charge in [0.1, 0.15) is 16.4 Å². The van der Waals surface area contributed by atoms with Gasteiger partial charge >= 0.3 is 0 Å². The van der Waals surface area contributed by atoms with Gasteiger partial charge in [-0.3, -0.25) is 19.1 Å². The number of anilines is 1. The van der Waals surface area contributed by atoms with Gasteiger partial charge in [-0.15, -0.1) is 0 Å². The molecule has 0 aliphatic carbocycles. The predicted molar refractivity (Wildman–Crippen MR) is 121 cm³/mol. The number of aromatic amines is 1. The number of halogens is 2. The van der Waals surface area contributed by atoms with Gasteiger partial charge in [-0.2, -0.15) is 15.2 Å². The number of hydrogen-bond acceptors (Lipinski definition) is 6. The molecule has 166 valence electrons. The van der Waals surface area contributed by atoms with Crippen LogP contribution in [-0.2, 0) is 14.1 Å². The van der Waals surface area contributed by atoms with Crippen LogP contribution < -0.4 is 15.8 Å². The van der Waals surface area contributed by atoms with Crippen molar-refractivity contribution in [2.45, 2.75) is 37.4 Å². The third-order valence-corrected chi connectivity index (χ3v) is 7.48. The molecule has 0 spiro atoms. The van der Waals surface area contributed by atoms with Crippen LogP contribution in [0, 0.1) is 5.82 Å². The summed E-state index contributed by atoms with van der Waals surface area (Å²) in [5.41, 5.74) is 0.953. The molecule has 3 atom stereocenters. The van der Waals surface area contributed by atoms with Gasteiger partial charge in [-0.25, -0.2) is 4.39 Å². The van der Waals surface area contributed by atoms with Crippen molar-refractivity contribution in [1.29, 1.82) is 0 Å². The van der Waals surface area contributed by atoms with E-state index < -0.39 is 5.82 Å². The van der Waals surface area contributed by atoms with Gasteiger partial charge in [0.05, 0.1) is 16.6 Å². The Kier molecular flexibility index (Phi) is 4.16. The average molecular weight is 457 g/mol. The fraction of sp³-hybridized carbons (Fsp3) is 0.429. The first-order chi connectivity index (χ1) is 15.4. The van der Waals surface area contributed by atoms with E-state index in [9.17, 15) is 4.79 Å². The van der Waals surface area contributed by atoms with E-state index in [2.05, 4.69) is 25.5 Å². The average Bonchev–Trinajstić information content (AvgIpc) is 3.53. The zero-order chi connectivity index (χ0) is 22.3. The lowest BCUT2D eigenvalue weighted by molar-refractivity contribution is 0.445. The highest BCUT2D eigenvalue weighted by Crippen LogP contribution is 2.40. The Hall–Kier alpha value is -2.98. The molecule has 0 saturated carbocycles. The molecule has 6 rings (SSSR count). The van der Waals surface area contributed by atoms with Gasteiger partial charge < -0.3 is 10.2 Å². The van der Waals surface area contributed by atoms with Gasteiger partial charge in [0.2, 0.25) is 5.95 Å². The van der Waals surface area contributed by atoms with Crippen LogP contribution in [0.5, 0.6) is 0 Å². The molecule has 0 amide bonds. The maximum atomic E-state index is 15.5. The number of aromatic nitrogens is 6. The Morgan fingerprint density at radius 1 is 1.25 bits per heavy atom. The fourth-order valence-corrected chi connectivity index (χ4v) is 5.70. The number of hydrogen-bond donors (Lipinski definition) is 2. The normalized spacial score (nSPS) is 22.7. The van der Waals surface area contributed by atoms with Gasteiger partial charge in [0.25, 0.3) is 5.56 Å². The number of fused-ring (bicyclic) bond motifs is 4. The molecule has 1 aromatic carbocycles. The summed E-state index contributed by atoms with van der Waals surface area (Å²) in [7, 11) is 5.34. The molecule has 32 heavy (non-hydrogen) atoms. The second-order valence-corrected chi connectivity index (χ2v) is 9.00. The summed E-state index contributed by atoms with van der Waals surface area (Å²) in [6.45, 7) is 0. The summed E-state index contributed by atoms with van der Waals surface area (Å²) in [6.07, 6.45) is 3.17. The summed E-state index contributed by atoms with van der Waals surface area (Å²) < 4.78 is 18.4. The second-order valence-electron chi connectivity index (χ2n) is 8.65. The zero-order valence-corrected chi connectivity index (χ0v) is 18.6. The molecule has 2 N–H and O–H groups in total. The lowest BCUT2D eigenvalue weighted by atomic mass is 9.96. The molecular weight excluding hydrogens is 435 g/mol. The van der Waals surface area contributed by atoms with Crippen molar-refractivity contribution in [1.82, 2.24) is 34.8 Å². The number of rotatable bonds is 3. The van der Waals surface area contributed by atoms with Crippen molar-refractivity contribution >= 4 is 39.5 Å². The first-order valence-corrected chi connectivity index (χ1v) is 11.0. The van der Waals surface area contributed by atoms with E-state index in [0.717, 1.165) is 19.3 Å². The van der Waals surface area contributed by atoms with Crippen LogP contribution in [0.15, 0.2) is 16.9 Å². The molecule has 5 heterocycles. The lowest BCUT2D eigenvalue weighted by Crippen LogP contribution is -2.41. The van der Waals surface area contributed by atoms with E-state index in [1.54, 1.807) is 30.8 Å². The van der Waals surface area contributed by atoms with E-state index >= 15 is 4.39 Å². The summed E-state index contributed by atoms with van der Waals surface area (Å²) >= 11 is 6.25. The van der Waals surface area contributed by atoms with Crippen molar-refractivity contribution in [3.63, 3.8) is 0 Å². The predicted octanol–water partition coefficient (Wildman–Crippen LogP) is 2.33. The van der Waals surface area contributed by atoms with Crippen LogP contribution in [0.4, 0.5) is 10.3 Å². The topological polar surface area (TPSA) is 96.7 Å². The van der Waals surface area contributed by atoms with Gasteiger partial charge in [-0.1, -0.05) is 11.6 Å². The minimum absolute atomic E-state index is 0.195. The Morgan fingerprint density at radius 3 is 2.81 bits per heavy atom. The Morgan fingerprint density at radius 2 is 2.06 bits per heavy atom. The summed E-state index contributed by atoms with van der Waals surface area (Å²) in [5, 5.41) is 15.4. The number of nitrogens with zero attached hydrogens (tertiary/aromatic N) is 6. The van der Waals surface area contributed by atoms with Gasteiger partial charge in [0.15, 0.2) is 5.65 Å². The van der Waals surface area contributed by atoms with Gasteiger partial charge in [-0.05, 0) is 38.4 Å². The zero-order valence-electron chi connectivity index (χ0n) is 17.9. The van der Waals surface area contributed by atoms with Crippen LogP contribution in [0.2, 0.25) is 5.15 Å². The van der Waals surface area contributed by atoms with E-state index in [1.807, 2.05) is 7.05 Å². The maximum absolute atomic E-state index is 15.5. The third kappa shape index (κ3) is 2.47. The number of aryl methyl sites for hydroxylation is 1. The van der Waals surface area contributed by atoms with Crippen LogP contribution in [0.25, 0.3) is 33.2 Å². The minimum Gasteiger partial charge on any atom is -0.335 e. The third-order valence-electron chi connectivity index (χ3n) is 7.05. The van der Waals surface area contributed by atoms with Crippen molar-refractivity contribution in [2.75, 3.05) is 11.9 Å². The largest absolute Gasteiger partial charge is 0.335 e. The molecule has 2 aliphatic heterocycles. The molecule has 9 nitrogen and oxygen atoms in total. The molecule has 2 bridgehead atoms. The minimum atomic E-state index is -0.549. The second kappa shape index (κ2) is 6.76. The summed E-state index contributed by atoms with van der Waals surface area (Å²) in [4.78, 5) is 20.4. The molecule has 2 fully saturated rings. The van der Waals surface area contributed by atoms with Gasteiger partial charge in [0, 0.05) is 37.8 Å². The Bertz CT molecular complexity index is 1460. The first kappa shape index (κ1) is 19.7. The maximum Gasteiger partial charge on any atom is 0.266 e. The standard InChI is InChI=1S/C21H22ClFN8O/c1-24-12-8-9-4-7-13(12)31(9)21-25-19-15(20(32)29(21)2)17(26-27-19)10-5-6-11-14(16(10)23)18(22)30(3)28-11/h5-6,9,12-13,24H,4,7-8H2,1-3H3,(H,26,27)/t9-,12+,13+/m0/s1. The SMILES string of the molecule is CN[C@@H]1C[C@@H]2CC[C@H]1N2c1nc2n[nH]c(-c3ccc4nn(C)c(Cl)c4c3F)c2c(=O)n1C. The number of H-pyrrole nitrogens is 1. The molecule has 2 saturated heterocycles. The summed E-state index contributed by atoms with van der Waals surface area (Å²) in [5.74, 6) is 0.0590. The molecule has 4 aromatic rings. The molecule has 0 unspecified atom stereocenters. The first-order valence-electron chi connectivity index (χ1n) is 10.6. The smallest absolute Gasteiger partial charge is 0.266 e. The fourth-order valence-electron chi connectivity index (χ4n) is 5.49.